The fourth-order valence-electron chi connectivity index (χ4n) is 3.74. The van der Waals surface area contributed by atoms with E-state index in [1.54, 1.807) is 12.1 Å². The van der Waals surface area contributed by atoms with Crippen LogP contribution in [0.25, 0.3) is 0 Å². The minimum absolute atomic E-state index is 0.0895. The Morgan fingerprint density at radius 2 is 2.10 bits per heavy atom. The van der Waals surface area contributed by atoms with Crippen LogP contribution in [0.1, 0.15) is 44.6 Å². The zero-order chi connectivity index (χ0) is 21.9. The number of amides is 2. The standard InChI is InChI=1S/C20H26FN3O4S2/c1-3-19(29)22-11-16-12-24(20(26)28-16)15-4-5-17(18(21)10-15)14-6-8-30(27,9-7-14)23-13(2)25/h4-5,10,14,16H,3,6-9,11-12H2,1-2H3,(H,22,29)/t14?,16-,30?/m0/s1. The molecule has 2 aliphatic heterocycles. The third-order valence-corrected chi connectivity index (χ3v) is 8.09. The quantitative estimate of drug-likeness (QED) is 0.685. The molecule has 0 spiro atoms. The van der Waals surface area contributed by atoms with E-state index >= 15 is 0 Å². The number of rotatable bonds is 5. The van der Waals surface area contributed by atoms with Crippen LogP contribution in [0, 0.1) is 5.82 Å². The van der Waals surface area contributed by atoms with E-state index in [4.69, 9.17) is 17.0 Å². The summed E-state index contributed by atoms with van der Waals surface area (Å²) in [6.07, 6.45) is 0.845. The first kappa shape index (κ1) is 22.6. The van der Waals surface area contributed by atoms with Crippen molar-refractivity contribution in [1.29, 1.82) is 0 Å². The smallest absolute Gasteiger partial charge is 0.414 e. The Labute approximate surface area is 181 Å². The Morgan fingerprint density at radius 3 is 2.70 bits per heavy atom. The lowest BCUT2D eigenvalue weighted by molar-refractivity contribution is -0.115. The fraction of sp³-hybridized carbons (Fsp3) is 0.550. The minimum atomic E-state index is -2.52. The predicted molar refractivity (Wildman–Crippen MR) is 118 cm³/mol. The molecule has 2 saturated heterocycles. The van der Waals surface area contributed by atoms with Gasteiger partial charge in [-0.3, -0.25) is 9.69 Å². The van der Waals surface area contributed by atoms with Crippen LogP contribution in [-0.4, -0.2) is 51.9 Å². The van der Waals surface area contributed by atoms with Crippen LogP contribution in [0.3, 0.4) is 0 Å². The first-order valence-electron chi connectivity index (χ1n) is 9.98. The van der Waals surface area contributed by atoms with Gasteiger partial charge in [0.2, 0.25) is 0 Å². The van der Waals surface area contributed by atoms with Crippen molar-refractivity contribution in [2.75, 3.05) is 29.5 Å². The minimum Gasteiger partial charge on any atom is -0.442 e. The molecule has 0 aliphatic carbocycles. The van der Waals surface area contributed by atoms with E-state index in [1.807, 2.05) is 6.92 Å². The summed E-state index contributed by atoms with van der Waals surface area (Å²) in [6.45, 7) is 3.96. The van der Waals surface area contributed by atoms with Gasteiger partial charge in [0.15, 0.2) is 0 Å². The third-order valence-electron chi connectivity index (χ3n) is 5.32. The summed E-state index contributed by atoms with van der Waals surface area (Å²) in [5, 5.41) is 3.05. The maximum Gasteiger partial charge on any atom is 0.414 e. The summed E-state index contributed by atoms with van der Waals surface area (Å²) in [5.74, 6) is -0.364. The lowest BCUT2D eigenvalue weighted by Gasteiger charge is -2.25. The van der Waals surface area contributed by atoms with E-state index in [0.717, 1.165) is 0 Å². The fourth-order valence-corrected chi connectivity index (χ4v) is 5.99. The Bertz CT molecular complexity index is 961. The van der Waals surface area contributed by atoms with Gasteiger partial charge in [0, 0.05) is 18.4 Å². The topological polar surface area (TPSA) is 88.1 Å². The number of thiocarbonyl (C=S) groups is 1. The maximum absolute atomic E-state index is 14.9. The molecule has 1 N–H and O–H groups in total. The molecular formula is C20H26FN3O4S2. The first-order chi connectivity index (χ1) is 14.2. The number of nitrogens with zero attached hydrogens (tertiary/aromatic N) is 2. The second-order valence-electron chi connectivity index (χ2n) is 7.55. The Kier molecular flexibility index (Phi) is 7.07. The molecule has 1 aromatic carbocycles. The number of benzene rings is 1. The normalized spacial score (nSPS) is 26.2. The zero-order valence-corrected chi connectivity index (χ0v) is 18.7. The van der Waals surface area contributed by atoms with Crippen LogP contribution in [0.2, 0.25) is 0 Å². The van der Waals surface area contributed by atoms with E-state index in [9.17, 15) is 18.2 Å². The molecule has 10 heteroatoms. The summed E-state index contributed by atoms with van der Waals surface area (Å²) in [6, 6.07) is 4.72. The summed E-state index contributed by atoms with van der Waals surface area (Å²) in [7, 11) is -2.52. The Morgan fingerprint density at radius 1 is 1.40 bits per heavy atom. The van der Waals surface area contributed by atoms with Crippen molar-refractivity contribution >= 4 is 44.6 Å². The summed E-state index contributed by atoms with van der Waals surface area (Å²) < 4.78 is 36.5. The summed E-state index contributed by atoms with van der Waals surface area (Å²) in [4.78, 5) is 25.5. The molecule has 7 nitrogen and oxygen atoms in total. The number of halogens is 1. The van der Waals surface area contributed by atoms with Crippen molar-refractivity contribution in [3.8, 4) is 0 Å². The average Bonchev–Trinajstić information content (AvgIpc) is 3.06. The van der Waals surface area contributed by atoms with Gasteiger partial charge in [-0.1, -0.05) is 25.2 Å². The molecule has 164 valence electrons. The highest BCUT2D eigenvalue weighted by Gasteiger charge is 2.33. The van der Waals surface area contributed by atoms with Gasteiger partial charge in [-0.05, 0) is 42.9 Å². The van der Waals surface area contributed by atoms with E-state index in [0.29, 0.717) is 48.6 Å². The number of nitrogens with one attached hydrogen (secondary N) is 1. The van der Waals surface area contributed by atoms with Gasteiger partial charge in [0.05, 0.1) is 33.5 Å². The van der Waals surface area contributed by atoms with E-state index in [-0.39, 0.29) is 23.5 Å². The third kappa shape index (κ3) is 5.34. The molecular weight excluding hydrogens is 429 g/mol. The molecule has 30 heavy (non-hydrogen) atoms. The first-order valence-corrected chi connectivity index (χ1v) is 12.2. The SMILES string of the molecule is CCC(=S)NC[C@H]1CN(c2ccc(C3CCS(=O)(=NC(C)=O)CC3)c(F)c2)C(=O)O1. The van der Waals surface area contributed by atoms with Crippen LogP contribution in [-0.2, 0) is 19.3 Å². The monoisotopic (exact) mass is 455 g/mol. The zero-order valence-electron chi connectivity index (χ0n) is 17.1. The van der Waals surface area contributed by atoms with Crippen molar-refractivity contribution < 1.29 is 22.9 Å². The van der Waals surface area contributed by atoms with Gasteiger partial charge in [-0.2, -0.15) is 4.36 Å². The van der Waals surface area contributed by atoms with Crippen LogP contribution in [0.5, 0.6) is 0 Å². The molecule has 1 aromatic rings. The molecule has 2 fully saturated rings. The molecule has 3 rings (SSSR count). The van der Waals surface area contributed by atoms with Gasteiger partial charge in [0.1, 0.15) is 11.9 Å². The predicted octanol–water partition coefficient (Wildman–Crippen LogP) is 3.37. The molecule has 2 amide bonds. The highest BCUT2D eigenvalue weighted by Crippen LogP contribution is 2.34. The van der Waals surface area contributed by atoms with Gasteiger partial charge in [-0.15, -0.1) is 0 Å². The molecule has 2 heterocycles. The van der Waals surface area contributed by atoms with Gasteiger partial charge in [0.25, 0.3) is 5.91 Å². The number of hydrogen-bond acceptors (Lipinski definition) is 5. The number of ether oxygens (including phenoxy) is 1. The van der Waals surface area contributed by atoms with Crippen LogP contribution in [0.15, 0.2) is 22.6 Å². The lowest BCUT2D eigenvalue weighted by Crippen LogP contribution is -2.33. The molecule has 0 aromatic heterocycles. The molecule has 0 saturated carbocycles. The molecule has 0 radical (unpaired) electrons. The molecule has 1 atom stereocenters. The number of cyclic esters (lactones) is 1. The van der Waals surface area contributed by atoms with Gasteiger partial charge in [-0.25, -0.2) is 13.4 Å². The van der Waals surface area contributed by atoms with Crippen molar-refractivity contribution in [2.45, 2.75) is 45.1 Å². The Hall–Kier alpha value is -2.07. The summed E-state index contributed by atoms with van der Waals surface area (Å²) >= 11 is 5.11. The van der Waals surface area contributed by atoms with Crippen molar-refractivity contribution in [3.63, 3.8) is 0 Å². The number of carbonyl (C=O) groups is 2. The van der Waals surface area contributed by atoms with Crippen molar-refractivity contribution in [3.05, 3.63) is 29.6 Å². The van der Waals surface area contributed by atoms with Crippen molar-refractivity contribution in [1.82, 2.24) is 5.32 Å². The molecule has 2 aliphatic rings. The molecule has 0 unspecified atom stereocenters. The second-order valence-corrected chi connectivity index (χ2v) is 10.6. The van der Waals surface area contributed by atoms with E-state index in [1.165, 1.54) is 17.9 Å². The number of hydrogen-bond donors (Lipinski definition) is 1. The highest BCUT2D eigenvalue weighted by molar-refractivity contribution is 7.93. The van der Waals surface area contributed by atoms with Crippen LogP contribution >= 0.6 is 12.2 Å². The van der Waals surface area contributed by atoms with Gasteiger partial charge < -0.3 is 10.1 Å². The van der Waals surface area contributed by atoms with E-state index in [2.05, 4.69) is 9.68 Å². The largest absolute Gasteiger partial charge is 0.442 e. The van der Waals surface area contributed by atoms with E-state index < -0.39 is 27.5 Å². The van der Waals surface area contributed by atoms with Crippen LogP contribution < -0.4 is 10.2 Å². The Balaban J connectivity index is 1.66. The second kappa shape index (κ2) is 9.38. The number of anilines is 1. The highest BCUT2D eigenvalue weighted by atomic mass is 32.2. The van der Waals surface area contributed by atoms with Gasteiger partial charge >= 0.3 is 6.09 Å². The lowest BCUT2D eigenvalue weighted by atomic mass is 9.93. The average molecular weight is 456 g/mol. The molecule has 0 bridgehead atoms. The van der Waals surface area contributed by atoms with Crippen LogP contribution in [0.4, 0.5) is 14.9 Å². The van der Waals surface area contributed by atoms with Crippen molar-refractivity contribution in [2.24, 2.45) is 4.36 Å². The number of carbonyl (C=O) groups excluding carboxylic acids is 2. The maximum atomic E-state index is 14.9. The summed E-state index contributed by atoms with van der Waals surface area (Å²) in [5.41, 5.74) is 0.968.